The van der Waals surface area contributed by atoms with E-state index in [9.17, 15) is 0 Å². The second kappa shape index (κ2) is 5.43. The van der Waals surface area contributed by atoms with Gasteiger partial charge >= 0.3 is 0 Å². The molecule has 0 aromatic carbocycles. The number of unbranched alkanes of at least 4 members (excludes halogenated alkanes) is 1. The molecule has 1 aliphatic rings. The Hall–Kier alpha value is -0.900. The molecule has 2 heterocycles. The second-order valence-electron chi connectivity index (χ2n) is 5.02. The first-order valence-corrected chi connectivity index (χ1v) is 6.39. The standard InChI is InChI=1S/C12H22N4/c1-10(2)5-3-4-8-16-12-6-7-13-9-11(12)14-15-16/h10,13H,3-9H2,1-2H3. The first-order valence-electron chi connectivity index (χ1n) is 6.39. The van der Waals surface area contributed by atoms with Gasteiger partial charge < -0.3 is 5.32 Å². The summed E-state index contributed by atoms with van der Waals surface area (Å²) in [5.41, 5.74) is 2.50. The second-order valence-corrected chi connectivity index (χ2v) is 5.02. The van der Waals surface area contributed by atoms with E-state index in [1.807, 2.05) is 0 Å². The highest BCUT2D eigenvalue weighted by molar-refractivity contribution is 5.13. The fourth-order valence-electron chi connectivity index (χ4n) is 2.19. The molecule has 1 aromatic heterocycles. The third-order valence-corrected chi connectivity index (χ3v) is 3.15. The number of nitrogens with one attached hydrogen (secondary N) is 1. The molecule has 0 aliphatic carbocycles. The lowest BCUT2D eigenvalue weighted by atomic mass is 10.1. The first-order chi connectivity index (χ1) is 7.77. The van der Waals surface area contributed by atoms with E-state index in [-0.39, 0.29) is 0 Å². The third-order valence-electron chi connectivity index (χ3n) is 3.15. The number of rotatable bonds is 5. The summed E-state index contributed by atoms with van der Waals surface area (Å²) in [7, 11) is 0. The van der Waals surface area contributed by atoms with Gasteiger partial charge in [-0.3, -0.25) is 0 Å². The maximum absolute atomic E-state index is 4.24. The number of aryl methyl sites for hydroxylation is 1. The summed E-state index contributed by atoms with van der Waals surface area (Å²) >= 11 is 0. The fourth-order valence-corrected chi connectivity index (χ4v) is 2.19. The molecule has 1 aromatic rings. The molecule has 4 nitrogen and oxygen atoms in total. The van der Waals surface area contributed by atoms with Crippen molar-refractivity contribution in [1.29, 1.82) is 0 Å². The third kappa shape index (κ3) is 2.82. The Kier molecular flexibility index (Phi) is 3.93. The molecule has 4 heteroatoms. The smallest absolute Gasteiger partial charge is 0.0997 e. The summed E-state index contributed by atoms with van der Waals surface area (Å²) in [6, 6.07) is 0. The Morgan fingerprint density at radius 1 is 1.38 bits per heavy atom. The van der Waals surface area contributed by atoms with Crippen LogP contribution in [0.3, 0.4) is 0 Å². The predicted octanol–water partition coefficient (Wildman–Crippen LogP) is 1.75. The van der Waals surface area contributed by atoms with E-state index in [1.165, 1.54) is 25.0 Å². The molecular weight excluding hydrogens is 200 g/mol. The lowest BCUT2D eigenvalue weighted by Crippen LogP contribution is -2.25. The van der Waals surface area contributed by atoms with Gasteiger partial charge in [0.1, 0.15) is 0 Å². The molecule has 0 bridgehead atoms. The minimum absolute atomic E-state index is 0.814. The summed E-state index contributed by atoms with van der Waals surface area (Å²) in [6.45, 7) is 7.55. The Morgan fingerprint density at radius 3 is 3.06 bits per heavy atom. The maximum atomic E-state index is 4.24. The number of hydrogen-bond acceptors (Lipinski definition) is 3. The van der Waals surface area contributed by atoms with Gasteiger partial charge in [0.15, 0.2) is 0 Å². The topological polar surface area (TPSA) is 42.7 Å². The number of aromatic nitrogens is 3. The van der Waals surface area contributed by atoms with Gasteiger partial charge in [0.25, 0.3) is 0 Å². The van der Waals surface area contributed by atoms with E-state index in [2.05, 4.69) is 34.2 Å². The quantitative estimate of drug-likeness (QED) is 0.772. The van der Waals surface area contributed by atoms with E-state index >= 15 is 0 Å². The molecule has 0 saturated carbocycles. The van der Waals surface area contributed by atoms with Crippen molar-refractivity contribution >= 4 is 0 Å². The molecule has 0 unspecified atom stereocenters. The minimum Gasteiger partial charge on any atom is -0.311 e. The van der Waals surface area contributed by atoms with Gasteiger partial charge in [-0.1, -0.05) is 31.9 Å². The van der Waals surface area contributed by atoms with E-state index < -0.39 is 0 Å². The molecule has 1 aliphatic heterocycles. The Bertz CT molecular complexity index is 330. The lowest BCUT2D eigenvalue weighted by molar-refractivity contribution is 0.473. The van der Waals surface area contributed by atoms with Crippen molar-refractivity contribution in [1.82, 2.24) is 20.3 Å². The molecule has 90 valence electrons. The predicted molar refractivity (Wildman–Crippen MR) is 64.1 cm³/mol. The van der Waals surface area contributed by atoms with E-state index in [0.29, 0.717) is 0 Å². The lowest BCUT2D eigenvalue weighted by Gasteiger charge is -2.13. The summed E-state index contributed by atoms with van der Waals surface area (Å²) in [5.74, 6) is 0.814. The zero-order valence-electron chi connectivity index (χ0n) is 10.4. The SMILES string of the molecule is CC(C)CCCCn1nnc2c1CCNC2. The summed E-state index contributed by atoms with van der Waals surface area (Å²) in [4.78, 5) is 0. The molecule has 0 saturated heterocycles. The van der Waals surface area contributed by atoms with Crippen LogP contribution in [0, 0.1) is 5.92 Å². The van der Waals surface area contributed by atoms with Crippen LogP contribution in [0.2, 0.25) is 0 Å². The monoisotopic (exact) mass is 222 g/mol. The van der Waals surface area contributed by atoms with Crippen molar-refractivity contribution in [3.63, 3.8) is 0 Å². The van der Waals surface area contributed by atoms with Crippen molar-refractivity contribution in [2.24, 2.45) is 5.92 Å². The average Bonchev–Trinajstić information content (AvgIpc) is 2.68. The zero-order chi connectivity index (χ0) is 11.4. The summed E-state index contributed by atoms with van der Waals surface area (Å²) in [6.07, 6.45) is 4.91. The van der Waals surface area contributed by atoms with Gasteiger partial charge in [-0.15, -0.1) is 5.10 Å². The molecule has 0 fully saturated rings. The first kappa shape index (κ1) is 11.6. The number of fused-ring (bicyclic) bond motifs is 1. The van der Waals surface area contributed by atoms with Crippen molar-refractivity contribution < 1.29 is 0 Å². The minimum atomic E-state index is 0.814. The van der Waals surface area contributed by atoms with Crippen LogP contribution in [-0.2, 0) is 19.5 Å². The van der Waals surface area contributed by atoms with Crippen LogP contribution in [0.25, 0.3) is 0 Å². The molecule has 0 atom stereocenters. The van der Waals surface area contributed by atoms with Gasteiger partial charge in [0.05, 0.1) is 11.4 Å². The molecular formula is C12H22N4. The largest absolute Gasteiger partial charge is 0.311 e. The van der Waals surface area contributed by atoms with Crippen LogP contribution in [-0.4, -0.2) is 21.5 Å². The van der Waals surface area contributed by atoms with E-state index in [4.69, 9.17) is 0 Å². The van der Waals surface area contributed by atoms with Crippen LogP contribution < -0.4 is 5.32 Å². The highest BCUT2D eigenvalue weighted by atomic mass is 15.4. The molecule has 16 heavy (non-hydrogen) atoms. The Balaban J connectivity index is 1.83. The average molecular weight is 222 g/mol. The van der Waals surface area contributed by atoms with Gasteiger partial charge in [-0.2, -0.15) is 0 Å². The number of nitrogens with zero attached hydrogens (tertiary/aromatic N) is 3. The van der Waals surface area contributed by atoms with Gasteiger partial charge in [-0.25, -0.2) is 4.68 Å². The van der Waals surface area contributed by atoms with Crippen molar-refractivity contribution in [2.45, 2.75) is 52.6 Å². The van der Waals surface area contributed by atoms with E-state index in [0.717, 1.165) is 37.7 Å². The molecule has 1 N–H and O–H groups in total. The van der Waals surface area contributed by atoms with Crippen molar-refractivity contribution in [3.8, 4) is 0 Å². The molecule has 2 rings (SSSR count). The molecule has 0 amide bonds. The van der Waals surface area contributed by atoms with Crippen LogP contribution >= 0.6 is 0 Å². The number of hydrogen-bond donors (Lipinski definition) is 1. The van der Waals surface area contributed by atoms with Crippen LogP contribution in [0.1, 0.15) is 44.5 Å². The normalized spacial score (nSPS) is 15.4. The van der Waals surface area contributed by atoms with Crippen molar-refractivity contribution in [3.05, 3.63) is 11.4 Å². The van der Waals surface area contributed by atoms with Crippen LogP contribution in [0.15, 0.2) is 0 Å². The van der Waals surface area contributed by atoms with Gasteiger partial charge in [0.2, 0.25) is 0 Å². The summed E-state index contributed by atoms with van der Waals surface area (Å²) < 4.78 is 2.11. The molecule has 0 radical (unpaired) electrons. The highest BCUT2D eigenvalue weighted by Gasteiger charge is 2.15. The fraction of sp³-hybridized carbons (Fsp3) is 0.833. The Labute approximate surface area is 97.4 Å². The maximum Gasteiger partial charge on any atom is 0.0997 e. The van der Waals surface area contributed by atoms with Gasteiger partial charge in [0, 0.05) is 26.1 Å². The van der Waals surface area contributed by atoms with Gasteiger partial charge in [-0.05, 0) is 12.3 Å². The molecule has 0 spiro atoms. The van der Waals surface area contributed by atoms with Crippen LogP contribution in [0.5, 0.6) is 0 Å². The van der Waals surface area contributed by atoms with E-state index in [1.54, 1.807) is 0 Å². The van der Waals surface area contributed by atoms with Crippen LogP contribution in [0.4, 0.5) is 0 Å². The van der Waals surface area contributed by atoms with Crippen molar-refractivity contribution in [2.75, 3.05) is 6.54 Å². The Morgan fingerprint density at radius 2 is 2.25 bits per heavy atom. The zero-order valence-corrected chi connectivity index (χ0v) is 10.4. The highest BCUT2D eigenvalue weighted by Crippen LogP contribution is 2.12. The summed E-state index contributed by atoms with van der Waals surface area (Å²) in [5, 5.41) is 11.8.